The summed E-state index contributed by atoms with van der Waals surface area (Å²) in [5.74, 6) is -0.594. The lowest BCUT2D eigenvalue weighted by Gasteiger charge is -2.15. The molecule has 1 amide bonds. The molecule has 7 nitrogen and oxygen atoms in total. The molecule has 0 bridgehead atoms. The second kappa shape index (κ2) is 14.5. The van der Waals surface area contributed by atoms with E-state index in [4.69, 9.17) is 37.4 Å². The third-order valence-electron chi connectivity index (χ3n) is 5.97. The number of hydrogen-bond donors (Lipinski definition) is 1. The number of thioether (sulfide) groups is 1. The molecule has 3 aromatic rings. The summed E-state index contributed by atoms with van der Waals surface area (Å²) < 4.78 is 17.9. The highest BCUT2D eigenvalue weighted by atomic mass is 127. The Bertz CT molecular complexity index is 1640. The molecule has 1 heterocycles. The predicted octanol–water partition coefficient (Wildman–Crippen LogP) is 8.59. The Morgan fingerprint density at radius 2 is 1.81 bits per heavy atom. The van der Waals surface area contributed by atoms with E-state index >= 15 is 0 Å². The van der Waals surface area contributed by atoms with Crippen LogP contribution in [0.15, 0.2) is 75.8 Å². The predicted molar refractivity (Wildman–Crippen MR) is 176 cm³/mol. The van der Waals surface area contributed by atoms with Crippen molar-refractivity contribution in [2.45, 2.75) is 27.4 Å². The first-order valence-corrected chi connectivity index (χ1v) is 15.5. The Hall–Kier alpha value is -2.99. The first-order chi connectivity index (χ1) is 20.1. The van der Waals surface area contributed by atoms with E-state index in [-0.39, 0.29) is 29.6 Å². The summed E-state index contributed by atoms with van der Waals surface area (Å²) in [5.41, 5.74) is 2.42. The van der Waals surface area contributed by atoms with Crippen molar-refractivity contribution in [2.75, 3.05) is 13.2 Å². The number of hydrogen-bond acceptors (Lipinski definition) is 7. The molecule has 0 radical (unpaired) electrons. The van der Waals surface area contributed by atoms with E-state index in [2.05, 4.69) is 27.6 Å². The summed E-state index contributed by atoms with van der Waals surface area (Å²) in [6.45, 7) is 6.00. The van der Waals surface area contributed by atoms with Crippen LogP contribution in [0.5, 0.6) is 11.5 Å². The zero-order chi connectivity index (χ0) is 30.4. The monoisotopic (exact) mass is 737 g/mol. The highest BCUT2D eigenvalue weighted by Crippen LogP contribution is 2.41. The van der Waals surface area contributed by atoms with Crippen LogP contribution in [-0.2, 0) is 16.1 Å². The van der Waals surface area contributed by atoms with Crippen molar-refractivity contribution in [3.63, 3.8) is 0 Å². The zero-order valence-corrected chi connectivity index (χ0v) is 27.4. The summed E-state index contributed by atoms with van der Waals surface area (Å²) in [6.07, 6.45) is 1.69. The maximum Gasteiger partial charge on any atom is 0.344 e. The number of benzene rings is 3. The molecule has 0 spiro atoms. The van der Waals surface area contributed by atoms with Crippen LogP contribution in [0.3, 0.4) is 0 Å². The minimum atomic E-state index is -0.767. The molecule has 0 fully saturated rings. The number of carbonyl (C=O) groups excluding carboxylic acids is 2. The molecule has 11 heteroatoms. The normalized spacial score (nSPS) is 14.9. The standard InChI is InChI=1S/C31H26Cl2INO6S/c1-4-39-24-13-18(12-23(34)28(24)41-16-19-10-11-20(32)15-22(19)33)14-25-27(36)26(31(38)40-5-2)30(42-25)35-29(37)21-9-7-6-8-17(21)3/h6-15,36H,4-5,16H2,1-3H3/b25-14-,35-30?. The lowest BCUT2D eigenvalue weighted by Crippen LogP contribution is -2.14. The molecule has 0 aromatic heterocycles. The Morgan fingerprint density at radius 1 is 1.05 bits per heavy atom. The van der Waals surface area contributed by atoms with Gasteiger partial charge in [-0.25, -0.2) is 9.79 Å². The second-order valence-electron chi connectivity index (χ2n) is 8.88. The Labute approximate surface area is 271 Å². The lowest BCUT2D eigenvalue weighted by atomic mass is 10.1. The van der Waals surface area contributed by atoms with E-state index in [1.165, 1.54) is 0 Å². The maximum atomic E-state index is 13.0. The van der Waals surface area contributed by atoms with E-state index in [0.717, 1.165) is 26.5 Å². The van der Waals surface area contributed by atoms with Gasteiger partial charge in [0.1, 0.15) is 23.0 Å². The molecule has 218 valence electrons. The molecule has 0 unspecified atom stereocenters. The minimum absolute atomic E-state index is 0.0602. The molecule has 4 rings (SSSR count). The van der Waals surface area contributed by atoms with Crippen molar-refractivity contribution in [1.29, 1.82) is 0 Å². The number of nitrogens with zero attached hydrogens (tertiary/aromatic N) is 1. The summed E-state index contributed by atoms with van der Waals surface area (Å²) in [6, 6.07) is 15.8. The number of aliphatic hydroxyl groups is 1. The smallest absolute Gasteiger partial charge is 0.344 e. The van der Waals surface area contributed by atoms with Crippen molar-refractivity contribution in [3.8, 4) is 11.5 Å². The van der Waals surface area contributed by atoms with Gasteiger partial charge in [0.05, 0.1) is 21.7 Å². The van der Waals surface area contributed by atoms with Crippen LogP contribution in [0.1, 0.15) is 40.9 Å². The van der Waals surface area contributed by atoms with Crippen LogP contribution >= 0.6 is 57.6 Å². The summed E-state index contributed by atoms with van der Waals surface area (Å²) in [5, 5.41) is 12.2. The molecular weight excluding hydrogens is 712 g/mol. The number of halogens is 3. The SMILES string of the molecule is CCOC(=O)C1=C(O)/C(=C/c2cc(I)c(OCc3ccc(Cl)cc3Cl)c(OCC)c2)SC1=NC(=O)c1ccccc1C. The van der Waals surface area contributed by atoms with Crippen LogP contribution < -0.4 is 9.47 Å². The van der Waals surface area contributed by atoms with E-state index < -0.39 is 11.9 Å². The van der Waals surface area contributed by atoms with E-state index in [0.29, 0.717) is 44.2 Å². The van der Waals surface area contributed by atoms with Crippen molar-refractivity contribution < 1.29 is 28.9 Å². The number of aryl methyl sites for hydroxylation is 1. The van der Waals surface area contributed by atoms with Gasteiger partial charge in [-0.3, -0.25) is 4.79 Å². The average molecular weight is 738 g/mol. The van der Waals surface area contributed by atoms with Gasteiger partial charge in [-0.2, -0.15) is 0 Å². The van der Waals surface area contributed by atoms with Crippen molar-refractivity contribution in [2.24, 2.45) is 4.99 Å². The summed E-state index contributed by atoms with van der Waals surface area (Å²) >= 11 is 15.5. The van der Waals surface area contributed by atoms with Gasteiger partial charge >= 0.3 is 5.97 Å². The largest absolute Gasteiger partial charge is 0.506 e. The maximum absolute atomic E-state index is 13.0. The highest BCUT2D eigenvalue weighted by molar-refractivity contribution is 14.1. The van der Waals surface area contributed by atoms with Gasteiger partial charge in [0.15, 0.2) is 11.5 Å². The van der Waals surface area contributed by atoms with Gasteiger partial charge in [-0.15, -0.1) is 0 Å². The van der Waals surface area contributed by atoms with E-state index in [9.17, 15) is 14.7 Å². The fourth-order valence-corrected chi connectivity index (χ4v) is 6.23. The third-order valence-corrected chi connectivity index (χ3v) is 8.37. The summed E-state index contributed by atoms with van der Waals surface area (Å²) in [4.78, 5) is 30.3. The zero-order valence-electron chi connectivity index (χ0n) is 22.9. The number of esters is 1. The van der Waals surface area contributed by atoms with Gasteiger partial charge in [0.2, 0.25) is 0 Å². The molecule has 0 atom stereocenters. The van der Waals surface area contributed by atoms with Crippen LogP contribution in [-0.4, -0.2) is 35.2 Å². The molecule has 0 saturated carbocycles. The van der Waals surface area contributed by atoms with Gasteiger partial charge < -0.3 is 19.3 Å². The number of amides is 1. The Morgan fingerprint density at radius 3 is 2.50 bits per heavy atom. The Kier molecular flexibility index (Phi) is 11.0. The first kappa shape index (κ1) is 31.9. The molecule has 0 saturated heterocycles. The number of ether oxygens (including phenoxy) is 3. The van der Waals surface area contributed by atoms with Gasteiger partial charge in [-0.05, 0) is 90.9 Å². The lowest BCUT2D eigenvalue weighted by molar-refractivity contribution is -0.138. The molecule has 1 aliphatic rings. The molecular formula is C31H26Cl2INO6S. The number of aliphatic hydroxyl groups excluding tert-OH is 1. The molecule has 1 N–H and O–H groups in total. The van der Waals surface area contributed by atoms with Gasteiger partial charge in [0.25, 0.3) is 5.91 Å². The van der Waals surface area contributed by atoms with E-state index in [1.807, 2.05) is 19.1 Å². The highest BCUT2D eigenvalue weighted by Gasteiger charge is 2.34. The van der Waals surface area contributed by atoms with Crippen molar-refractivity contribution in [3.05, 3.63) is 107 Å². The quantitative estimate of drug-likeness (QED) is 0.174. The number of aliphatic imine (C=N–C) groups is 1. The Balaban J connectivity index is 1.69. The van der Waals surface area contributed by atoms with Gasteiger partial charge in [-0.1, -0.05) is 59.2 Å². The van der Waals surface area contributed by atoms with Crippen LogP contribution in [0.2, 0.25) is 10.0 Å². The average Bonchev–Trinajstić information content (AvgIpc) is 3.23. The van der Waals surface area contributed by atoms with Crippen molar-refractivity contribution in [1.82, 2.24) is 0 Å². The fourth-order valence-electron chi connectivity index (χ4n) is 3.97. The first-order valence-electron chi connectivity index (χ1n) is 12.8. The fraction of sp³-hybridized carbons (Fsp3) is 0.194. The molecule has 1 aliphatic heterocycles. The number of rotatable bonds is 9. The molecule has 3 aromatic carbocycles. The second-order valence-corrected chi connectivity index (χ2v) is 11.9. The molecule has 0 aliphatic carbocycles. The third kappa shape index (κ3) is 7.50. The van der Waals surface area contributed by atoms with E-state index in [1.54, 1.807) is 62.4 Å². The van der Waals surface area contributed by atoms with Crippen LogP contribution in [0.4, 0.5) is 0 Å². The van der Waals surface area contributed by atoms with Crippen LogP contribution in [0.25, 0.3) is 6.08 Å². The molecule has 42 heavy (non-hydrogen) atoms. The topological polar surface area (TPSA) is 94.4 Å². The van der Waals surface area contributed by atoms with Gasteiger partial charge in [0, 0.05) is 21.2 Å². The van der Waals surface area contributed by atoms with Crippen LogP contribution in [0, 0.1) is 10.5 Å². The summed E-state index contributed by atoms with van der Waals surface area (Å²) in [7, 11) is 0. The number of carbonyl (C=O) groups is 2. The minimum Gasteiger partial charge on any atom is -0.506 e. The van der Waals surface area contributed by atoms with Crippen molar-refractivity contribution >= 4 is 80.6 Å².